The van der Waals surface area contributed by atoms with Crippen LogP contribution in [0.5, 0.6) is 11.5 Å². The van der Waals surface area contributed by atoms with Gasteiger partial charge < -0.3 is 14.2 Å². The molecule has 2 atom stereocenters. The SMILES string of the molecule is CC1OCCC1COC(=O)c1cc(Oc2ccc(C(F)(F)F)cc2Cl)ccc1[N+](=O)[O-]. The van der Waals surface area contributed by atoms with Gasteiger partial charge in [0.05, 0.1) is 28.2 Å². The summed E-state index contributed by atoms with van der Waals surface area (Å²) < 4.78 is 54.4. The van der Waals surface area contributed by atoms with Crippen molar-refractivity contribution in [2.45, 2.75) is 25.6 Å². The Bertz CT molecular complexity index is 997. The number of carbonyl (C=O) groups is 1. The van der Waals surface area contributed by atoms with Crippen LogP contribution >= 0.6 is 11.6 Å². The van der Waals surface area contributed by atoms with Crippen molar-refractivity contribution >= 4 is 23.3 Å². The number of rotatable bonds is 6. The zero-order valence-corrected chi connectivity index (χ0v) is 16.9. The predicted molar refractivity (Wildman–Crippen MR) is 103 cm³/mol. The molecule has 1 aliphatic heterocycles. The summed E-state index contributed by atoms with van der Waals surface area (Å²) in [5.74, 6) is -1.08. The Balaban J connectivity index is 1.81. The maximum absolute atomic E-state index is 12.8. The first-order chi connectivity index (χ1) is 14.6. The van der Waals surface area contributed by atoms with Crippen LogP contribution in [-0.4, -0.2) is 30.2 Å². The maximum Gasteiger partial charge on any atom is 0.416 e. The monoisotopic (exact) mass is 459 g/mol. The smallest absolute Gasteiger partial charge is 0.416 e. The summed E-state index contributed by atoms with van der Waals surface area (Å²) in [6.45, 7) is 2.42. The van der Waals surface area contributed by atoms with E-state index in [9.17, 15) is 28.1 Å². The third-order valence-electron chi connectivity index (χ3n) is 4.83. The number of ether oxygens (including phenoxy) is 3. The summed E-state index contributed by atoms with van der Waals surface area (Å²) >= 11 is 5.87. The van der Waals surface area contributed by atoms with Gasteiger partial charge in [-0.1, -0.05) is 11.6 Å². The average Bonchev–Trinajstić information content (AvgIpc) is 3.11. The number of carbonyl (C=O) groups excluding carboxylic acids is 1. The first-order valence-corrected chi connectivity index (χ1v) is 9.56. The molecule has 1 saturated heterocycles. The molecule has 0 N–H and O–H groups in total. The quantitative estimate of drug-likeness (QED) is 0.315. The van der Waals surface area contributed by atoms with Crippen molar-refractivity contribution in [3.8, 4) is 11.5 Å². The van der Waals surface area contributed by atoms with Crippen molar-refractivity contribution in [1.82, 2.24) is 0 Å². The first-order valence-electron chi connectivity index (χ1n) is 9.18. The van der Waals surface area contributed by atoms with E-state index in [1.54, 1.807) is 0 Å². The highest BCUT2D eigenvalue weighted by Gasteiger charge is 2.31. The van der Waals surface area contributed by atoms with Gasteiger partial charge in [0, 0.05) is 24.7 Å². The second kappa shape index (κ2) is 9.11. The molecular weight excluding hydrogens is 443 g/mol. The molecule has 11 heteroatoms. The largest absolute Gasteiger partial charge is 0.462 e. The number of nitro benzene ring substituents is 1. The lowest BCUT2D eigenvalue weighted by atomic mass is 10.0. The molecule has 3 rings (SSSR count). The molecule has 7 nitrogen and oxygen atoms in total. The molecule has 0 saturated carbocycles. The van der Waals surface area contributed by atoms with Crippen LogP contribution in [0.15, 0.2) is 36.4 Å². The lowest BCUT2D eigenvalue weighted by Gasteiger charge is -2.15. The number of nitro groups is 1. The topological polar surface area (TPSA) is 87.9 Å². The second-order valence-corrected chi connectivity index (χ2v) is 7.31. The summed E-state index contributed by atoms with van der Waals surface area (Å²) in [6.07, 6.45) is -3.97. The van der Waals surface area contributed by atoms with Crippen molar-refractivity contribution in [3.63, 3.8) is 0 Å². The molecule has 1 aliphatic rings. The van der Waals surface area contributed by atoms with E-state index in [0.717, 1.165) is 24.3 Å². The molecule has 2 unspecified atom stereocenters. The molecule has 1 fully saturated rings. The Morgan fingerprint density at radius 3 is 2.61 bits per heavy atom. The standard InChI is InChI=1S/C20H17ClF3NO6/c1-11-12(6-7-29-11)10-30-19(26)15-9-14(3-4-17(15)25(27)28)31-18-5-2-13(8-16(18)21)20(22,23)24/h2-5,8-9,11-12H,6-7,10H2,1H3. The number of alkyl halides is 3. The molecule has 0 aromatic heterocycles. The van der Waals surface area contributed by atoms with E-state index in [2.05, 4.69) is 0 Å². The van der Waals surface area contributed by atoms with Crippen LogP contribution < -0.4 is 4.74 Å². The molecule has 0 spiro atoms. The minimum absolute atomic E-state index is 0.0200. The highest BCUT2D eigenvalue weighted by molar-refractivity contribution is 6.32. The number of esters is 1. The third-order valence-corrected chi connectivity index (χ3v) is 5.13. The zero-order valence-electron chi connectivity index (χ0n) is 16.1. The Hall–Kier alpha value is -2.85. The van der Waals surface area contributed by atoms with E-state index in [4.69, 9.17) is 25.8 Å². The van der Waals surface area contributed by atoms with Gasteiger partial charge in [-0.2, -0.15) is 13.2 Å². The summed E-state index contributed by atoms with van der Waals surface area (Å²) in [7, 11) is 0. The molecule has 166 valence electrons. The van der Waals surface area contributed by atoms with Gasteiger partial charge in [-0.15, -0.1) is 0 Å². The molecular formula is C20H17ClF3NO6. The van der Waals surface area contributed by atoms with Crippen molar-refractivity contribution < 1.29 is 37.1 Å². The predicted octanol–water partition coefficient (Wildman–Crippen LogP) is 5.64. The summed E-state index contributed by atoms with van der Waals surface area (Å²) in [6, 6.07) is 5.84. The molecule has 31 heavy (non-hydrogen) atoms. The lowest BCUT2D eigenvalue weighted by molar-refractivity contribution is -0.385. The van der Waals surface area contributed by atoms with Gasteiger partial charge in [-0.3, -0.25) is 10.1 Å². The summed E-state index contributed by atoms with van der Waals surface area (Å²) in [5, 5.41) is 11.0. The first kappa shape index (κ1) is 22.8. The average molecular weight is 460 g/mol. The molecule has 1 heterocycles. The highest BCUT2D eigenvalue weighted by atomic mass is 35.5. The van der Waals surface area contributed by atoms with Crippen LogP contribution in [0.2, 0.25) is 5.02 Å². The fourth-order valence-electron chi connectivity index (χ4n) is 3.04. The normalized spacial score (nSPS) is 18.6. The summed E-state index contributed by atoms with van der Waals surface area (Å²) in [4.78, 5) is 23.0. The lowest BCUT2D eigenvalue weighted by Crippen LogP contribution is -2.20. The van der Waals surface area contributed by atoms with Crippen LogP contribution in [0.1, 0.15) is 29.3 Å². The van der Waals surface area contributed by atoms with Crippen molar-refractivity contribution in [1.29, 1.82) is 0 Å². The van der Waals surface area contributed by atoms with E-state index >= 15 is 0 Å². The van der Waals surface area contributed by atoms with Gasteiger partial charge in [0.25, 0.3) is 5.69 Å². The Labute approximate surface area is 179 Å². The van der Waals surface area contributed by atoms with Gasteiger partial charge in [-0.25, -0.2) is 4.79 Å². The molecule has 0 radical (unpaired) electrons. The number of halogens is 4. The number of hydrogen-bond donors (Lipinski definition) is 0. The van der Waals surface area contributed by atoms with E-state index in [1.807, 2.05) is 6.92 Å². The Kier molecular flexibility index (Phi) is 6.71. The minimum Gasteiger partial charge on any atom is -0.462 e. The second-order valence-electron chi connectivity index (χ2n) is 6.90. The Morgan fingerprint density at radius 1 is 1.29 bits per heavy atom. The number of benzene rings is 2. The van der Waals surface area contributed by atoms with E-state index < -0.39 is 28.3 Å². The van der Waals surface area contributed by atoms with E-state index in [1.165, 1.54) is 6.07 Å². The third kappa shape index (κ3) is 5.45. The fourth-order valence-corrected chi connectivity index (χ4v) is 3.26. The summed E-state index contributed by atoms with van der Waals surface area (Å²) in [5.41, 5.74) is -1.80. The van der Waals surface area contributed by atoms with Crippen molar-refractivity contribution in [2.75, 3.05) is 13.2 Å². The van der Waals surface area contributed by atoms with E-state index in [0.29, 0.717) is 19.1 Å². The molecule has 2 aromatic carbocycles. The van der Waals surface area contributed by atoms with Crippen LogP contribution in [-0.2, 0) is 15.7 Å². The van der Waals surface area contributed by atoms with Gasteiger partial charge >= 0.3 is 12.1 Å². The van der Waals surface area contributed by atoms with Crippen molar-refractivity contribution in [3.05, 3.63) is 62.7 Å². The molecule has 0 bridgehead atoms. The van der Waals surface area contributed by atoms with Crippen molar-refractivity contribution in [2.24, 2.45) is 5.92 Å². The van der Waals surface area contributed by atoms with Crippen LogP contribution in [0.3, 0.4) is 0 Å². The van der Waals surface area contributed by atoms with Crippen LogP contribution in [0.4, 0.5) is 18.9 Å². The molecule has 0 amide bonds. The number of hydrogen-bond acceptors (Lipinski definition) is 6. The van der Waals surface area contributed by atoms with E-state index in [-0.39, 0.29) is 40.7 Å². The maximum atomic E-state index is 12.8. The van der Waals surface area contributed by atoms with Gasteiger partial charge in [0.15, 0.2) is 0 Å². The Morgan fingerprint density at radius 2 is 2.03 bits per heavy atom. The van der Waals surface area contributed by atoms with Crippen LogP contribution in [0, 0.1) is 16.0 Å². The highest BCUT2D eigenvalue weighted by Crippen LogP contribution is 2.37. The van der Waals surface area contributed by atoms with Crippen LogP contribution in [0.25, 0.3) is 0 Å². The van der Waals surface area contributed by atoms with Gasteiger partial charge in [0.2, 0.25) is 0 Å². The fraction of sp³-hybridized carbons (Fsp3) is 0.350. The zero-order chi connectivity index (χ0) is 22.8. The minimum atomic E-state index is -4.58. The van der Waals surface area contributed by atoms with Gasteiger partial charge in [-0.05, 0) is 37.6 Å². The number of nitrogens with zero attached hydrogens (tertiary/aromatic N) is 1. The molecule has 0 aliphatic carbocycles. The molecule has 2 aromatic rings. The van der Waals surface area contributed by atoms with Gasteiger partial charge in [0.1, 0.15) is 17.1 Å².